The molecule has 1 aromatic carbocycles. The van der Waals surface area contributed by atoms with E-state index in [4.69, 9.17) is 14.5 Å². The standard InChI is InChI=1S/C33H39N3O4S/c1-4-39-33(38)24(3)18-23(2)19-28-22-41-32(35-28)30(36-31(37)26-10-6-5-7-11-26)20-25-13-15-29(16-14-25)40-21-27-12-8-9-17-34-27/h8-9,12-19,22,26,30H,4-7,10-11,20-21H2,1-3H3,(H,36,37)/t30-/m0/s1. The van der Waals surface area contributed by atoms with Crippen molar-refractivity contribution < 1.29 is 19.1 Å². The molecule has 0 unspecified atom stereocenters. The van der Waals surface area contributed by atoms with Crippen molar-refractivity contribution in [2.24, 2.45) is 5.92 Å². The van der Waals surface area contributed by atoms with Crippen molar-refractivity contribution in [1.82, 2.24) is 15.3 Å². The molecule has 0 aliphatic heterocycles. The number of nitrogens with one attached hydrogen (secondary N) is 1. The number of thiazole rings is 1. The molecule has 0 spiro atoms. The number of aromatic nitrogens is 2. The Hall–Kier alpha value is -3.78. The summed E-state index contributed by atoms with van der Waals surface area (Å²) in [5.41, 5.74) is 4.20. The van der Waals surface area contributed by atoms with Gasteiger partial charge in [0.05, 0.1) is 24.0 Å². The van der Waals surface area contributed by atoms with E-state index in [9.17, 15) is 9.59 Å². The van der Waals surface area contributed by atoms with Crippen LogP contribution in [0, 0.1) is 5.92 Å². The molecule has 3 aromatic rings. The number of hydrogen-bond acceptors (Lipinski definition) is 7. The Morgan fingerprint density at radius 3 is 2.59 bits per heavy atom. The average molecular weight is 574 g/mol. The molecule has 7 nitrogen and oxygen atoms in total. The van der Waals surface area contributed by atoms with Gasteiger partial charge in [0.1, 0.15) is 17.4 Å². The van der Waals surface area contributed by atoms with Gasteiger partial charge in [-0.2, -0.15) is 0 Å². The van der Waals surface area contributed by atoms with Gasteiger partial charge in [-0.15, -0.1) is 11.3 Å². The van der Waals surface area contributed by atoms with Gasteiger partial charge in [0.15, 0.2) is 0 Å². The highest BCUT2D eigenvalue weighted by Gasteiger charge is 2.25. The lowest BCUT2D eigenvalue weighted by molar-refractivity contribution is -0.138. The molecule has 1 aliphatic carbocycles. The average Bonchev–Trinajstić information content (AvgIpc) is 3.45. The first kappa shape index (κ1) is 30.2. The number of hydrogen-bond donors (Lipinski definition) is 1. The molecule has 1 fully saturated rings. The number of pyridine rings is 1. The van der Waals surface area contributed by atoms with Gasteiger partial charge < -0.3 is 14.8 Å². The van der Waals surface area contributed by atoms with Crippen LogP contribution in [0.1, 0.15) is 80.9 Å². The Bertz CT molecular complexity index is 1340. The van der Waals surface area contributed by atoms with Crippen LogP contribution in [0.2, 0.25) is 0 Å². The van der Waals surface area contributed by atoms with Crippen LogP contribution < -0.4 is 10.1 Å². The van der Waals surface area contributed by atoms with Crippen molar-refractivity contribution in [2.75, 3.05) is 6.61 Å². The molecule has 216 valence electrons. The Labute approximate surface area is 246 Å². The topological polar surface area (TPSA) is 90.4 Å². The third-order valence-corrected chi connectivity index (χ3v) is 8.00. The summed E-state index contributed by atoms with van der Waals surface area (Å²) in [5, 5.41) is 6.16. The maximum atomic E-state index is 13.2. The second-order valence-electron chi connectivity index (χ2n) is 10.4. The van der Waals surface area contributed by atoms with Crippen LogP contribution in [0.15, 0.2) is 71.3 Å². The van der Waals surface area contributed by atoms with E-state index in [1.54, 1.807) is 26.1 Å². The van der Waals surface area contributed by atoms with Gasteiger partial charge >= 0.3 is 5.97 Å². The summed E-state index contributed by atoms with van der Waals surface area (Å²) < 4.78 is 11.0. The van der Waals surface area contributed by atoms with E-state index >= 15 is 0 Å². The highest BCUT2D eigenvalue weighted by molar-refractivity contribution is 7.09. The first-order valence-electron chi connectivity index (χ1n) is 14.3. The van der Waals surface area contributed by atoms with Crippen molar-refractivity contribution in [3.05, 3.63) is 93.2 Å². The maximum absolute atomic E-state index is 13.2. The number of amides is 1. The lowest BCUT2D eigenvalue weighted by atomic mass is 9.88. The fraction of sp³-hybridized carbons (Fsp3) is 0.394. The van der Waals surface area contributed by atoms with Crippen molar-refractivity contribution in [2.45, 2.75) is 71.9 Å². The van der Waals surface area contributed by atoms with E-state index in [1.165, 1.54) is 17.8 Å². The number of rotatable bonds is 12. The molecule has 0 bridgehead atoms. The zero-order valence-electron chi connectivity index (χ0n) is 24.1. The number of allylic oxidation sites excluding steroid dienone is 2. The highest BCUT2D eigenvalue weighted by atomic mass is 32.1. The van der Waals surface area contributed by atoms with E-state index in [1.807, 2.05) is 60.8 Å². The second-order valence-corrected chi connectivity index (χ2v) is 11.3. The summed E-state index contributed by atoms with van der Waals surface area (Å²) in [6.07, 6.45) is 11.4. The molecular formula is C33H39N3O4S. The maximum Gasteiger partial charge on any atom is 0.333 e. The largest absolute Gasteiger partial charge is 0.487 e. The van der Waals surface area contributed by atoms with E-state index < -0.39 is 0 Å². The van der Waals surface area contributed by atoms with Gasteiger partial charge in [-0.1, -0.05) is 37.5 Å². The van der Waals surface area contributed by atoms with Crippen molar-refractivity contribution >= 4 is 29.3 Å². The Morgan fingerprint density at radius 1 is 1.10 bits per heavy atom. The molecule has 1 saturated carbocycles. The fourth-order valence-corrected chi connectivity index (χ4v) is 5.73. The van der Waals surface area contributed by atoms with Crippen LogP contribution in [-0.4, -0.2) is 28.5 Å². The minimum atomic E-state index is -0.321. The minimum absolute atomic E-state index is 0.0613. The summed E-state index contributed by atoms with van der Waals surface area (Å²) in [7, 11) is 0. The SMILES string of the molecule is CCOC(=O)C(C)=CC(C)=Cc1csc([C@H](Cc2ccc(OCc3ccccn3)cc2)NC(=O)C2CCCCC2)n1. The number of carbonyl (C=O) groups is 2. The van der Waals surface area contributed by atoms with Gasteiger partial charge in [0, 0.05) is 23.1 Å². The van der Waals surface area contributed by atoms with Crippen molar-refractivity contribution in [3.63, 3.8) is 0 Å². The van der Waals surface area contributed by atoms with Crippen molar-refractivity contribution in [1.29, 1.82) is 0 Å². The summed E-state index contributed by atoms with van der Waals surface area (Å²) in [6.45, 7) is 6.22. The van der Waals surface area contributed by atoms with E-state index in [0.717, 1.165) is 59.0 Å². The molecule has 2 aromatic heterocycles. The Kier molecular flexibility index (Phi) is 11.3. The molecule has 8 heteroatoms. The van der Waals surface area contributed by atoms with Gasteiger partial charge in [0.2, 0.25) is 5.91 Å². The molecule has 2 heterocycles. The predicted molar refractivity (Wildman–Crippen MR) is 162 cm³/mol. The molecule has 4 rings (SSSR count). The van der Waals surface area contributed by atoms with Crippen molar-refractivity contribution in [3.8, 4) is 5.75 Å². The second kappa shape index (κ2) is 15.3. The zero-order chi connectivity index (χ0) is 29.0. The molecule has 41 heavy (non-hydrogen) atoms. The van der Waals surface area contributed by atoms with Gasteiger partial charge in [-0.05, 0) is 87.6 Å². The van der Waals surface area contributed by atoms with Crippen LogP contribution in [0.5, 0.6) is 5.75 Å². The third-order valence-electron chi connectivity index (χ3n) is 7.02. The first-order chi connectivity index (χ1) is 19.9. The molecule has 1 amide bonds. The normalized spacial score (nSPS) is 15.3. The quantitative estimate of drug-likeness (QED) is 0.142. The molecule has 1 aliphatic rings. The first-order valence-corrected chi connectivity index (χ1v) is 15.2. The minimum Gasteiger partial charge on any atom is -0.487 e. The highest BCUT2D eigenvalue weighted by Crippen LogP contribution is 2.28. The van der Waals surface area contributed by atoms with Gasteiger partial charge in [-0.3, -0.25) is 9.78 Å². The van der Waals surface area contributed by atoms with E-state index in [-0.39, 0.29) is 23.8 Å². The number of carbonyl (C=O) groups excluding carboxylic acids is 2. The predicted octanol–water partition coefficient (Wildman–Crippen LogP) is 7.01. The summed E-state index contributed by atoms with van der Waals surface area (Å²) in [5.74, 6) is 0.621. The molecule has 0 radical (unpaired) electrons. The number of ether oxygens (including phenoxy) is 2. The molecule has 1 N–H and O–H groups in total. The Morgan fingerprint density at radius 2 is 1.88 bits per heavy atom. The number of nitrogens with zero attached hydrogens (tertiary/aromatic N) is 2. The summed E-state index contributed by atoms with van der Waals surface area (Å²) in [4.78, 5) is 34.4. The fourth-order valence-electron chi connectivity index (χ4n) is 4.90. The number of benzene rings is 1. The van der Waals surface area contributed by atoms with Crippen LogP contribution in [-0.2, 0) is 27.4 Å². The van der Waals surface area contributed by atoms with Crippen LogP contribution in [0.25, 0.3) is 6.08 Å². The molecule has 0 saturated heterocycles. The van der Waals surface area contributed by atoms with Crippen LogP contribution in [0.3, 0.4) is 0 Å². The molecular weight excluding hydrogens is 534 g/mol. The van der Waals surface area contributed by atoms with E-state index in [0.29, 0.717) is 25.2 Å². The zero-order valence-corrected chi connectivity index (χ0v) is 24.9. The van der Waals surface area contributed by atoms with Crippen LogP contribution >= 0.6 is 11.3 Å². The summed E-state index contributed by atoms with van der Waals surface area (Å²) in [6, 6.07) is 13.5. The Balaban J connectivity index is 1.47. The lowest BCUT2D eigenvalue weighted by Crippen LogP contribution is -2.35. The van der Waals surface area contributed by atoms with Gasteiger partial charge in [-0.25, -0.2) is 9.78 Å². The van der Waals surface area contributed by atoms with E-state index in [2.05, 4.69) is 10.3 Å². The third kappa shape index (κ3) is 9.39. The smallest absolute Gasteiger partial charge is 0.333 e. The van der Waals surface area contributed by atoms with Gasteiger partial charge in [0.25, 0.3) is 0 Å². The van der Waals surface area contributed by atoms with Crippen LogP contribution in [0.4, 0.5) is 0 Å². The summed E-state index contributed by atoms with van der Waals surface area (Å²) >= 11 is 1.54. The number of esters is 1. The monoisotopic (exact) mass is 573 g/mol. The molecule has 1 atom stereocenters. The lowest BCUT2D eigenvalue weighted by Gasteiger charge is -2.24.